The molecule has 8 atom stereocenters. The third-order valence-corrected chi connectivity index (χ3v) is 8.90. The lowest BCUT2D eigenvalue weighted by Gasteiger charge is -2.59. The number of rotatable bonds is 0. The van der Waals surface area contributed by atoms with Gasteiger partial charge in [-0.2, -0.15) is 0 Å². The van der Waals surface area contributed by atoms with Gasteiger partial charge >= 0.3 is 0 Å². The average molecular weight is 304 g/mol. The Bertz CT molecular complexity index is 545. The summed E-state index contributed by atoms with van der Waals surface area (Å²) in [5.74, 6) is 2.48. The maximum atomic E-state index is 12.1. The van der Waals surface area contributed by atoms with Gasteiger partial charge in [0.05, 0.1) is 6.10 Å². The van der Waals surface area contributed by atoms with Crippen LogP contribution in [-0.4, -0.2) is 28.7 Å². The molecule has 1 heterocycles. The molecule has 0 bridgehead atoms. The van der Waals surface area contributed by atoms with Gasteiger partial charge in [0.2, 0.25) is 0 Å². The first-order chi connectivity index (χ1) is 10.4. The predicted octanol–water partition coefficient (Wildman–Crippen LogP) is 3.09. The number of Topliss-reactive ketones (excluding diaryl/α,β-unsaturated/α-hetero) is 1. The first-order valence-corrected chi connectivity index (χ1v) is 9.31. The van der Waals surface area contributed by atoms with Crippen LogP contribution in [0.2, 0.25) is 0 Å². The van der Waals surface area contributed by atoms with E-state index in [4.69, 9.17) is 4.74 Å². The van der Waals surface area contributed by atoms with E-state index < -0.39 is 0 Å². The molecule has 1 aliphatic heterocycles. The van der Waals surface area contributed by atoms with Crippen molar-refractivity contribution in [1.29, 1.82) is 0 Å². The first kappa shape index (κ1) is 14.0. The van der Waals surface area contributed by atoms with E-state index in [0.29, 0.717) is 17.6 Å². The fourth-order valence-electron chi connectivity index (χ4n) is 7.47. The van der Waals surface area contributed by atoms with Crippen LogP contribution in [0.3, 0.4) is 0 Å². The van der Waals surface area contributed by atoms with Crippen molar-refractivity contribution >= 4 is 5.78 Å². The highest BCUT2D eigenvalue weighted by Gasteiger charge is 2.76. The van der Waals surface area contributed by atoms with Crippen LogP contribution in [0.1, 0.15) is 65.2 Å². The Morgan fingerprint density at radius 3 is 2.68 bits per heavy atom. The molecular weight excluding hydrogens is 276 g/mol. The molecule has 5 rings (SSSR count). The van der Waals surface area contributed by atoms with Crippen molar-refractivity contribution in [3.63, 3.8) is 0 Å². The second kappa shape index (κ2) is 3.97. The number of carbonyl (C=O) groups is 1. The number of hydrogen-bond acceptors (Lipinski definition) is 3. The average Bonchev–Trinajstić information content (AvgIpc) is 3.17. The second-order valence-corrected chi connectivity index (χ2v) is 9.32. The highest BCUT2D eigenvalue weighted by molar-refractivity contribution is 5.88. The van der Waals surface area contributed by atoms with E-state index in [1.54, 1.807) is 0 Å². The molecule has 22 heavy (non-hydrogen) atoms. The van der Waals surface area contributed by atoms with Gasteiger partial charge in [0, 0.05) is 11.8 Å². The van der Waals surface area contributed by atoms with Gasteiger partial charge in [-0.05, 0) is 68.1 Å². The van der Waals surface area contributed by atoms with E-state index in [-0.39, 0.29) is 28.6 Å². The molecule has 4 saturated carbocycles. The Hall–Kier alpha value is -0.410. The van der Waals surface area contributed by atoms with Crippen LogP contribution in [0.5, 0.6) is 0 Å². The number of ether oxygens (including phenoxy) is 1. The molecule has 5 fully saturated rings. The zero-order valence-electron chi connectivity index (χ0n) is 13.8. The van der Waals surface area contributed by atoms with Gasteiger partial charge in [0.15, 0.2) is 5.78 Å². The highest BCUT2D eigenvalue weighted by Crippen LogP contribution is 2.72. The van der Waals surface area contributed by atoms with Gasteiger partial charge in [0.25, 0.3) is 0 Å². The van der Waals surface area contributed by atoms with Gasteiger partial charge in [-0.1, -0.05) is 13.8 Å². The number of fused-ring (bicyclic) bond motifs is 4. The molecule has 0 amide bonds. The minimum atomic E-state index is -0.103. The van der Waals surface area contributed by atoms with Gasteiger partial charge < -0.3 is 9.84 Å². The zero-order valence-corrected chi connectivity index (χ0v) is 13.8. The first-order valence-electron chi connectivity index (χ1n) is 9.31. The van der Waals surface area contributed by atoms with Gasteiger partial charge in [-0.15, -0.1) is 0 Å². The lowest BCUT2D eigenvalue weighted by Crippen LogP contribution is -2.58. The van der Waals surface area contributed by atoms with E-state index in [9.17, 15) is 9.90 Å². The summed E-state index contributed by atoms with van der Waals surface area (Å²) >= 11 is 0. The van der Waals surface area contributed by atoms with Crippen molar-refractivity contribution in [3.05, 3.63) is 0 Å². The Morgan fingerprint density at radius 1 is 1.05 bits per heavy atom. The summed E-state index contributed by atoms with van der Waals surface area (Å²) in [5, 5.41) is 10.5. The van der Waals surface area contributed by atoms with Gasteiger partial charge in [0.1, 0.15) is 11.7 Å². The molecule has 0 aromatic heterocycles. The minimum absolute atomic E-state index is 0.0744. The fraction of sp³-hybridized carbons (Fsp3) is 0.947. The Morgan fingerprint density at radius 2 is 1.86 bits per heavy atom. The highest BCUT2D eigenvalue weighted by atomic mass is 16.6. The summed E-state index contributed by atoms with van der Waals surface area (Å²) < 4.78 is 6.09. The molecule has 1 spiro atoms. The van der Waals surface area contributed by atoms with Gasteiger partial charge in [-0.3, -0.25) is 4.79 Å². The molecule has 5 aliphatic rings. The zero-order chi connectivity index (χ0) is 15.3. The van der Waals surface area contributed by atoms with Crippen molar-refractivity contribution < 1.29 is 14.6 Å². The SMILES string of the molecule is C[C@]12CC[C@H]3[C@@H](CC[C@@]45O[C@H]4C(=O)CC[C@]35C)[C@@H]1CC[C@H]2O. The maximum absolute atomic E-state index is 12.1. The predicted molar refractivity (Wildman–Crippen MR) is 82.2 cm³/mol. The third kappa shape index (κ3) is 1.36. The molecule has 3 heteroatoms. The number of epoxide rings is 1. The molecule has 0 aromatic carbocycles. The maximum Gasteiger partial charge on any atom is 0.164 e. The summed E-state index contributed by atoms with van der Waals surface area (Å²) in [4.78, 5) is 12.1. The Balaban J connectivity index is 1.51. The largest absolute Gasteiger partial charge is 0.393 e. The Kier molecular flexibility index (Phi) is 2.52. The number of hydrogen-bond donors (Lipinski definition) is 1. The van der Waals surface area contributed by atoms with Crippen molar-refractivity contribution in [3.8, 4) is 0 Å². The summed E-state index contributed by atoms with van der Waals surface area (Å²) in [6.45, 7) is 4.75. The van der Waals surface area contributed by atoms with Crippen molar-refractivity contribution in [1.82, 2.24) is 0 Å². The van der Waals surface area contributed by atoms with Crippen LogP contribution in [0.4, 0.5) is 0 Å². The smallest absolute Gasteiger partial charge is 0.164 e. The van der Waals surface area contributed by atoms with E-state index in [1.807, 2.05) is 0 Å². The van der Waals surface area contributed by atoms with Crippen molar-refractivity contribution in [2.45, 2.75) is 83.0 Å². The lowest BCUT2D eigenvalue weighted by molar-refractivity contribution is -0.133. The number of aliphatic hydroxyl groups is 1. The molecule has 3 nitrogen and oxygen atoms in total. The monoisotopic (exact) mass is 304 g/mol. The standard InChI is InChI=1S/C19H28O3/c1-17-8-6-13-11(12(17)3-4-15(17)21)5-10-19-16(22-19)14(20)7-9-18(13,19)2/h11-13,15-16,21H,3-10H2,1-2H3/t11-,12-,13-,15+,16-,17-,18+,19+/m0/s1. The van der Waals surface area contributed by atoms with Crippen molar-refractivity contribution in [2.75, 3.05) is 0 Å². The van der Waals surface area contributed by atoms with Crippen LogP contribution in [-0.2, 0) is 9.53 Å². The van der Waals surface area contributed by atoms with Gasteiger partial charge in [-0.25, -0.2) is 0 Å². The summed E-state index contributed by atoms with van der Waals surface area (Å²) in [6, 6.07) is 0. The van der Waals surface area contributed by atoms with Crippen LogP contribution in [0.15, 0.2) is 0 Å². The van der Waals surface area contributed by atoms with E-state index in [2.05, 4.69) is 13.8 Å². The normalized spacial score (nSPS) is 62.7. The molecule has 0 radical (unpaired) electrons. The summed E-state index contributed by atoms with van der Waals surface area (Å²) in [6.07, 6.45) is 8.42. The van der Waals surface area contributed by atoms with Crippen LogP contribution in [0.25, 0.3) is 0 Å². The second-order valence-electron chi connectivity index (χ2n) is 9.32. The third-order valence-electron chi connectivity index (χ3n) is 8.90. The van der Waals surface area contributed by atoms with E-state index in [0.717, 1.165) is 38.0 Å². The minimum Gasteiger partial charge on any atom is -0.393 e. The fourth-order valence-corrected chi connectivity index (χ4v) is 7.47. The molecule has 0 aromatic rings. The van der Waals surface area contributed by atoms with E-state index >= 15 is 0 Å². The molecule has 4 aliphatic carbocycles. The van der Waals surface area contributed by atoms with Crippen LogP contribution < -0.4 is 0 Å². The molecule has 122 valence electrons. The molecule has 1 N–H and O–H groups in total. The summed E-state index contributed by atoms with van der Waals surface area (Å²) in [7, 11) is 0. The van der Waals surface area contributed by atoms with Crippen LogP contribution >= 0.6 is 0 Å². The summed E-state index contributed by atoms with van der Waals surface area (Å²) in [5.41, 5.74) is 0.244. The quantitative estimate of drug-likeness (QED) is 0.700. The number of aliphatic hydroxyl groups excluding tert-OH is 1. The molecular formula is C19H28O3. The molecule has 1 saturated heterocycles. The number of ketones is 1. The van der Waals surface area contributed by atoms with E-state index in [1.165, 1.54) is 19.3 Å². The lowest BCUT2D eigenvalue weighted by atomic mass is 9.45. The topological polar surface area (TPSA) is 49.8 Å². The van der Waals surface area contributed by atoms with Crippen LogP contribution in [0, 0.1) is 28.6 Å². The Labute approximate surface area is 132 Å². The van der Waals surface area contributed by atoms with Crippen molar-refractivity contribution in [2.24, 2.45) is 28.6 Å². The molecule has 0 unspecified atom stereocenters. The number of carbonyl (C=O) groups excluding carboxylic acids is 1.